The van der Waals surface area contributed by atoms with Crippen molar-refractivity contribution in [1.82, 2.24) is 4.98 Å². The fourth-order valence-corrected chi connectivity index (χ4v) is 4.16. The Morgan fingerprint density at radius 2 is 2.21 bits per heavy atom. The fraction of sp³-hybridized carbons (Fsp3) is 0.545. The molecule has 1 aliphatic heterocycles. The van der Waals surface area contributed by atoms with Crippen molar-refractivity contribution in [2.75, 3.05) is 29.1 Å². The van der Waals surface area contributed by atoms with Crippen LogP contribution in [0.3, 0.4) is 0 Å². The van der Waals surface area contributed by atoms with Crippen LogP contribution in [0.25, 0.3) is 0 Å². The summed E-state index contributed by atoms with van der Waals surface area (Å²) in [7, 11) is 0. The van der Waals surface area contributed by atoms with Gasteiger partial charge in [-0.25, -0.2) is 4.98 Å². The predicted octanol–water partition coefficient (Wildman–Crippen LogP) is 3.24. The van der Waals surface area contributed by atoms with Crippen LogP contribution in [-0.2, 0) is 0 Å². The second-order valence-corrected chi connectivity index (χ2v) is 6.43. The van der Waals surface area contributed by atoms with Gasteiger partial charge in [0.25, 0.3) is 0 Å². The van der Waals surface area contributed by atoms with E-state index in [2.05, 4.69) is 15.0 Å². The van der Waals surface area contributed by atoms with Crippen LogP contribution >= 0.6 is 23.5 Å². The second kappa shape index (κ2) is 6.60. The number of hydrogen-bond acceptors (Lipinski definition) is 5. The Hall–Kier alpha value is -0.760. The lowest BCUT2D eigenvalue weighted by atomic mass is 10.4. The minimum absolute atomic E-state index is 0.305. The van der Waals surface area contributed by atoms with Crippen LogP contribution in [0.5, 0.6) is 5.75 Å². The highest BCUT2D eigenvalue weighted by atomic mass is 32.2. The molecule has 1 fully saturated rings. The molecular weight excluding hydrogens is 297 g/mol. The number of nitrogens with zero attached hydrogens (tertiary/aromatic N) is 1. The summed E-state index contributed by atoms with van der Waals surface area (Å²) in [6, 6.07) is 2.74. The van der Waals surface area contributed by atoms with E-state index >= 15 is 0 Å². The zero-order valence-electron chi connectivity index (χ0n) is 9.94. The molecule has 0 amide bonds. The van der Waals surface area contributed by atoms with E-state index in [1.165, 1.54) is 17.9 Å². The third kappa shape index (κ3) is 5.40. The molecule has 0 aliphatic carbocycles. The molecule has 2 heterocycles. The molecule has 19 heavy (non-hydrogen) atoms. The van der Waals surface area contributed by atoms with Gasteiger partial charge < -0.3 is 10.1 Å². The van der Waals surface area contributed by atoms with Gasteiger partial charge in [0.15, 0.2) is 0 Å². The van der Waals surface area contributed by atoms with Gasteiger partial charge in [0.1, 0.15) is 11.6 Å². The van der Waals surface area contributed by atoms with Gasteiger partial charge in [-0.05, 0) is 12.1 Å². The van der Waals surface area contributed by atoms with Crippen molar-refractivity contribution in [3.05, 3.63) is 18.3 Å². The summed E-state index contributed by atoms with van der Waals surface area (Å²) in [6.45, 7) is 0.768. The number of halogens is 3. The first-order chi connectivity index (χ1) is 9.03. The summed E-state index contributed by atoms with van der Waals surface area (Å²) < 4.78 is 39.6. The standard InChI is InChI=1S/C11H13F3N2OS2/c12-11(13,14)17-8-1-2-10(15-5-8)16-6-9-7-18-3-4-19-9/h1-2,5,9H,3-4,6-7H2,(H,15,16). The fourth-order valence-electron chi connectivity index (χ4n) is 1.55. The van der Waals surface area contributed by atoms with E-state index in [9.17, 15) is 13.2 Å². The maximum atomic E-state index is 12.0. The maximum absolute atomic E-state index is 12.0. The van der Waals surface area contributed by atoms with Gasteiger partial charge in [-0.1, -0.05) is 0 Å². The number of anilines is 1. The first kappa shape index (κ1) is 14.6. The molecule has 2 rings (SSSR count). The van der Waals surface area contributed by atoms with Crippen LogP contribution in [0.15, 0.2) is 18.3 Å². The summed E-state index contributed by atoms with van der Waals surface area (Å²) in [4.78, 5) is 3.90. The molecule has 3 nitrogen and oxygen atoms in total. The van der Waals surface area contributed by atoms with E-state index in [1.54, 1.807) is 0 Å². The number of ether oxygens (including phenoxy) is 1. The van der Waals surface area contributed by atoms with Gasteiger partial charge >= 0.3 is 6.36 Å². The number of pyridine rings is 1. The molecule has 1 N–H and O–H groups in total. The molecule has 8 heteroatoms. The van der Waals surface area contributed by atoms with E-state index in [-0.39, 0.29) is 5.75 Å². The Kier molecular flexibility index (Phi) is 5.09. The normalized spacial score (nSPS) is 20.1. The SMILES string of the molecule is FC(F)(F)Oc1ccc(NCC2CSCCS2)nc1. The summed E-state index contributed by atoms with van der Waals surface area (Å²) in [5.74, 6) is 3.67. The van der Waals surface area contributed by atoms with E-state index in [0.29, 0.717) is 11.1 Å². The molecule has 1 atom stereocenters. The van der Waals surface area contributed by atoms with Crippen molar-refractivity contribution in [2.45, 2.75) is 11.6 Å². The van der Waals surface area contributed by atoms with Gasteiger partial charge in [0.2, 0.25) is 0 Å². The number of rotatable bonds is 4. The van der Waals surface area contributed by atoms with Crippen molar-refractivity contribution in [3.8, 4) is 5.75 Å². The number of nitrogens with one attached hydrogen (secondary N) is 1. The van der Waals surface area contributed by atoms with Crippen molar-refractivity contribution in [3.63, 3.8) is 0 Å². The molecule has 1 aliphatic rings. The molecule has 1 unspecified atom stereocenters. The van der Waals surface area contributed by atoms with Gasteiger partial charge in [-0.2, -0.15) is 23.5 Å². The van der Waals surface area contributed by atoms with E-state index < -0.39 is 6.36 Å². The van der Waals surface area contributed by atoms with Gasteiger partial charge in [-0.15, -0.1) is 13.2 Å². The minimum Gasteiger partial charge on any atom is -0.404 e. The number of alkyl halides is 3. The Balaban J connectivity index is 1.81. The lowest BCUT2D eigenvalue weighted by molar-refractivity contribution is -0.274. The van der Waals surface area contributed by atoms with Gasteiger partial charge in [-0.3, -0.25) is 0 Å². The van der Waals surface area contributed by atoms with Crippen LogP contribution in [0, 0.1) is 0 Å². The second-order valence-electron chi connectivity index (χ2n) is 3.88. The zero-order chi connectivity index (χ0) is 13.7. The largest absolute Gasteiger partial charge is 0.573 e. The van der Waals surface area contributed by atoms with E-state index in [4.69, 9.17) is 0 Å². The third-order valence-electron chi connectivity index (χ3n) is 2.37. The van der Waals surface area contributed by atoms with Crippen LogP contribution in [0.1, 0.15) is 0 Å². The molecule has 0 radical (unpaired) electrons. The minimum atomic E-state index is -4.67. The molecule has 1 aromatic rings. The van der Waals surface area contributed by atoms with Gasteiger partial charge in [0, 0.05) is 29.1 Å². The number of hydrogen-bond donors (Lipinski definition) is 1. The summed E-state index contributed by atoms with van der Waals surface area (Å²) in [5, 5.41) is 3.64. The van der Waals surface area contributed by atoms with Crippen LogP contribution in [0.4, 0.5) is 19.0 Å². The molecule has 106 valence electrons. The molecule has 1 saturated heterocycles. The number of aromatic nitrogens is 1. The average Bonchev–Trinajstić information content (AvgIpc) is 2.37. The molecule has 0 bridgehead atoms. The van der Waals surface area contributed by atoms with Crippen LogP contribution in [0.2, 0.25) is 0 Å². The molecule has 0 saturated carbocycles. The maximum Gasteiger partial charge on any atom is 0.573 e. The Morgan fingerprint density at radius 1 is 1.37 bits per heavy atom. The molecule has 1 aromatic heterocycles. The Labute approximate surface area is 117 Å². The van der Waals surface area contributed by atoms with E-state index in [0.717, 1.165) is 24.2 Å². The Bertz CT molecular complexity index is 394. The van der Waals surface area contributed by atoms with Crippen LogP contribution in [-0.4, -0.2) is 40.4 Å². The van der Waals surface area contributed by atoms with Crippen molar-refractivity contribution >= 4 is 29.3 Å². The highest BCUT2D eigenvalue weighted by molar-refractivity contribution is 8.06. The van der Waals surface area contributed by atoms with Gasteiger partial charge in [0.05, 0.1) is 6.20 Å². The average molecular weight is 310 g/mol. The monoisotopic (exact) mass is 310 g/mol. The van der Waals surface area contributed by atoms with Crippen LogP contribution < -0.4 is 10.1 Å². The van der Waals surface area contributed by atoms with E-state index in [1.807, 2.05) is 23.5 Å². The highest BCUT2D eigenvalue weighted by Crippen LogP contribution is 2.25. The summed E-state index contributed by atoms with van der Waals surface area (Å²) in [5.41, 5.74) is 0. The molecular formula is C11H13F3N2OS2. The topological polar surface area (TPSA) is 34.1 Å². The summed E-state index contributed by atoms with van der Waals surface area (Å²) in [6.07, 6.45) is -3.61. The van der Waals surface area contributed by atoms with Crippen molar-refractivity contribution < 1.29 is 17.9 Å². The van der Waals surface area contributed by atoms with Crippen molar-refractivity contribution in [1.29, 1.82) is 0 Å². The number of thioether (sulfide) groups is 2. The molecule has 0 aromatic carbocycles. The Morgan fingerprint density at radius 3 is 2.79 bits per heavy atom. The third-order valence-corrected chi connectivity index (χ3v) is 5.21. The zero-order valence-corrected chi connectivity index (χ0v) is 11.6. The summed E-state index contributed by atoms with van der Waals surface area (Å²) >= 11 is 3.83. The lowest BCUT2D eigenvalue weighted by Gasteiger charge is -2.21. The first-order valence-electron chi connectivity index (χ1n) is 5.68. The van der Waals surface area contributed by atoms with Crippen molar-refractivity contribution in [2.24, 2.45) is 0 Å². The lowest BCUT2D eigenvalue weighted by Crippen LogP contribution is -2.23. The smallest absolute Gasteiger partial charge is 0.404 e. The highest BCUT2D eigenvalue weighted by Gasteiger charge is 2.31. The first-order valence-corrected chi connectivity index (χ1v) is 7.88. The molecule has 0 spiro atoms. The quantitative estimate of drug-likeness (QED) is 0.923. The predicted molar refractivity (Wildman–Crippen MR) is 73.0 cm³/mol.